The van der Waals surface area contributed by atoms with E-state index in [1.807, 2.05) is 0 Å². The number of carbonyl (C=O) groups is 1. The first-order valence-electron chi connectivity index (χ1n) is 12.5. The van der Waals surface area contributed by atoms with E-state index in [9.17, 15) is 35.2 Å². The highest BCUT2D eigenvalue weighted by Crippen LogP contribution is 2.41. The van der Waals surface area contributed by atoms with E-state index >= 15 is 0 Å². The minimum atomic E-state index is -4.71. The Kier molecular flexibility index (Phi) is 9.28. The van der Waals surface area contributed by atoms with E-state index in [4.69, 9.17) is 44.3 Å². The number of rotatable bonds is 6. The van der Waals surface area contributed by atoms with Crippen LogP contribution in [0.15, 0.2) is 30.3 Å². The molecule has 4 rings (SSSR count). The third kappa shape index (κ3) is 8.52. The van der Waals surface area contributed by atoms with Crippen LogP contribution in [0, 0.1) is 11.6 Å². The van der Waals surface area contributed by atoms with Crippen LogP contribution in [0.5, 0.6) is 5.75 Å². The summed E-state index contributed by atoms with van der Waals surface area (Å²) >= 11 is 16.9. The molecule has 0 N–H and O–H groups in total. The van der Waals surface area contributed by atoms with E-state index in [1.54, 1.807) is 18.2 Å². The van der Waals surface area contributed by atoms with E-state index in [2.05, 4.69) is 0 Å². The molecule has 226 valence electrons. The van der Waals surface area contributed by atoms with Gasteiger partial charge in [-0.05, 0) is 53.8 Å². The second-order valence-electron chi connectivity index (χ2n) is 10.1. The normalized spacial score (nSPS) is 17.2. The van der Waals surface area contributed by atoms with Crippen LogP contribution < -0.4 is 4.74 Å². The van der Waals surface area contributed by atoms with Gasteiger partial charge in [0.25, 0.3) is 0 Å². The van der Waals surface area contributed by atoms with Crippen molar-refractivity contribution in [2.24, 2.45) is 0 Å². The van der Waals surface area contributed by atoms with Gasteiger partial charge in [0.05, 0.1) is 17.9 Å². The SMILES string of the molecule is O=C(OCC(Cl)(Cl)Cl)N1CCC2(CCc3cc(-c4cc(F)c(CS(=O)(=O)CCC(F)(F)F)c(F)c4)ccc3O2)CC1. The quantitative estimate of drug-likeness (QED) is 0.242. The van der Waals surface area contributed by atoms with Crippen molar-refractivity contribution in [1.82, 2.24) is 4.90 Å². The van der Waals surface area contributed by atoms with Crippen molar-refractivity contribution in [1.29, 1.82) is 0 Å². The molecule has 1 saturated heterocycles. The van der Waals surface area contributed by atoms with Crippen molar-refractivity contribution in [3.63, 3.8) is 0 Å². The molecule has 0 saturated carbocycles. The second kappa shape index (κ2) is 11.9. The third-order valence-corrected chi connectivity index (χ3v) is 8.95. The molecule has 2 aromatic rings. The van der Waals surface area contributed by atoms with Crippen LogP contribution in [0.4, 0.5) is 26.7 Å². The lowest BCUT2D eigenvalue weighted by Crippen LogP contribution is -2.51. The first-order valence-corrected chi connectivity index (χ1v) is 15.5. The summed E-state index contributed by atoms with van der Waals surface area (Å²) in [6, 6.07) is 6.93. The average molecular weight is 665 g/mol. The van der Waals surface area contributed by atoms with Gasteiger partial charge in [-0.3, -0.25) is 0 Å². The molecule has 2 aliphatic rings. The number of fused-ring (bicyclic) bond motifs is 1. The van der Waals surface area contributed by atoms with Crippen molar-refractivity contribution in [3.8, 4) is 16.9 Å². The number of hydrogen-bond donors (Lipinski definition) is 0. The van der Waals surface area contributed by atoms with Crippen molar-refractivity contribution < 1.29 is 44.6 Å². The second-order valence-corrected chi connectivity index (χ2v) is 14.8. The molecule has 0 aliphatic carbocycles. The number of sulfone groups is 1. The lowest BCUT2D eigenvalue weighted by atomic mass is 9.82. The maximum Gasteiger partial charge on any atom is 0.409 e. The first kappa shape index (κ1) is 31.9. The molecule has 1 spiro atoms. The Hall–Kier alpha value is -2.02. The predicted molar refractivity (Wildman–Crippen MR) is 144 cm³/mol. The van der Waals surface area contributed by atoms with E-state index in [0.717, 1.165) is 17.7 Å². The molecule has 1 amide bonds. The van der Waals surface area contributed by atoms with Gasteiger partial charge in [-0.15, -0.1) is 0 Å². The minimum Gasteiger partial charge on any atom is -0.487 e. The van der Waals surface area contributed by atoms with Gasteiger partial charge in [-0.1, -0.05) is 40.9 Å². The van der Waals surface area contributed by atoms with Crippen molar-refractivity contribution in [2.45, 2.75) is 53.4 Å². The molecule has 0 unspecified atom stereocenters. The van der Waals surface area contributed by atoms with Crippen molar-refractivity contribution in [3.05, 3.63) is 53.1 Å². The molecule has 41 heavy (non-hydrogen) atoms. The maximum absolute atomic E-state index is 14.8. The van der Waals surface area contributed by atoms with Crippen LogP contribution in [0.3, 0.4) is 0 Å². The van der Waals surface area contributed by atoms with E-state index in [-0.39, 0.29) is 12.2 Å². The molecule has 0 aromatic heterocycles. The number of nitrogens with zero attached hydrogens (tertiary/aromatic N) is 1. The summed E-state index contributed by atoms with van der Waals surface area (Å²) in [5.74, 6) is -4.17. The number of piperidine rings is 1. The lowest BCUT2D eigenvalue weighted by molar-refractivity contribution is -0.129. The number of carbonyl (C=O) groups excluding carboxylic acids is 1. The summed E-state index contributed by atoms with van der Waals surface area (Å²) in [5.41, 5.74) is 0.0945. The van der Waals surface area contributed by atoms with Crippen molar-refractivity contribution >= 4 is 50.7 Å². The number of aryl methyl sites for hydroxylation is 1. The fourth-order valence-corrected chi connectivity index (χ4v) is 6.42. The third-order valence-electron chi connectivity index (χ3n) is 7.06. The number of ether oxygens (including phenoxy) is 2. The molecule has 6 nitrogen and oxygen atoms in total. The smallest absolute Gasteiger partial charge is 0.409 e. The van der Waals surface area contributed by atoms with Gasteiger partial charge in [0, 0.05) is 31.5 Å². The van der Waals surface area contributed by atoms with E-state index in [0.29, 0.717) is 50.1 Å². The summed E-state index contributed by atoms with van der Waals surface area (Å²) < 4.78 is 100. The maximum atomic E-state index is 14.8. The Morgan fingerprint density at radius 2 is 1.63 bits per heavy atom. The number of alkyl halides is 6. The molecule has 2 heterocycles. The van der Waals surface area contributed by atoms with E-state index in [1.165, 1.54) is 4.90 Å². The molecule has 0 atom stereocenters. The van der Waals surface area contributed by atoms with Crippen LogP contribution in [0.25, 0.3) is 11.1 Å². The molecular weight excluding hydrogens is 640 g/mol. The Bertz CT molecular complexity index is 1380. The fourth-order valence-electron chi connectivity index (χ4n) is 4.86. The summed E-state index contributed by atoms with van der Waals surface area (Å²) in [4.78, 5) is 13.8. The molecule has 2 aliphatic heterocycles. The highest BCUT2D eigenvalue weighted by atomic mass is 35.6. The van der Waals surface area contributed by atoms with Gasteiger partial charge < -0.3 is 14.4 Å². The number of benzene rings is 2. The molecule has 0 radical (unpaired) electrons. The molecule has 15 heteroatoms. The number of halogens is 8. The lowest BCUT2D eigenvalue weighted by Gasteiger charge is -2.44. The molecule has 2 aromatic carbocycles. The Morgan fingerprint density at radius 3 is 2.22 bits per heavy atom. The molecule has 0 bridgehead atoms. The van der Waals surface area contributed by atoms with Crippen LogP contribution in [-0.4, -0.2) is 60.4 Å². The summed E-state index contributed by atoms with van der Waals surface area (Å²) in [6.45, 7) is 0.383. The summed E-state index contributed by atoms with van der Waals surface area (Å²) in [6.07, 6.45) is -4.57. The topological polar surface area (TPSA) is 72.9 Å². The number of amides is 1. The monoisotopic (exact) mass is 663 g/mol. The standard InChI is InChI=1S/C26H25Cl3F5NO5S/c27-25(28,29)15-39-23(36)35-8-5-24(6-9-35)4-3-17-11-16(1-2-22(17)40-24)18-12-20(30)19(21(31)13-18)14-41(37,38)10-7-26(32,33)34/h1-2,11-13H,3-10,14-15H2. The largest absolute Gasteiger partial charge is 0.487 e. The van der Waals surface area contributed by atoms with Gasteiger partial charge >= 0.3 is 12.3 Å². The summed E-state index contributed by atoms with van der Waals surface area (Å²) in [5, 5.41) is 0. The number of likely N-dealkylation sites (tertiary alicyclic amines) is 1. The Balaban J connectivity index is 1.42. The highest BCUT2D eigenvalue weighted by molar-refractivity contribution is 7.90. The van der Waals surface area contributed by atoms with Gasteiger partial charge in [0.2, 0.25) is 3.79 Å². The fraction of sp³-hybridized carbons (Fsp3) is 0.500. The van der Waals surface area contributed by atoms with Gasteiger partial charge in [-0.2, -0.15) is 13.2 Å². The first-order chi connectivity index (χ1) is 18.9. The van der Waals surface area contributed by atoms with Crippen LogP contribution in [0.1, 0.15) is 36.8 Å². The highest BCUT2D eigenvalue weighted by Gasteiger charge is 2.41. The zero-order valence-corrected chi connectivity index (χ0v) is 24.5. The van der Waals surface area contributed by atoms with Crippen LogP contribution in [-0.2, 0) is 26.7 Å². The zero-order chi connectivity index (χ0) is 30.2. The van der Waals surface area contributed by atoms with Crippen molar-refractivity contribution in [2.75, 3.05) is 25.4 Å². The Morgan fingerprint density at radius 1 is 1.00 bits per heavy atom. The van der Waals surface area contributed by atoms with Crippen LogP contribution in [0.2, 0.25) is 0 Å². The number of hydrogen-bond acceptors (Lipinski definition) is 5. The summed E-state index contributed by atoms with van der Waals surface area (Å²) in [7, 11) is -4.39. The molecule has 1 fully saturated rings. The van der Waals surface area contributed by atoms with Gasteiger partial charge in [-0.25, -0.2) is 22.0 Å². The van der Waals surface area contributed by atoms with Gasteiger partial charge in [0.1, 0.15) is 29.6 Å². The van der Waals surface area contributed by atoms with E-state index < -0.39 is 66.6 Å². The zero-order valence-electron chi connectivity index (χ0n) is 21.4. The van der Waals surface area contributed by atoms with Crippen LogP contribution >= 0.6 is 34.8 Å². The Labute approximate surface area is 248 Å². The molecular formula is C26H25Cl3F5NO5S. The van der Waals surface area contributed by atoms with Gasteiger partial charge in [0.15, 0.2) is 9.84 Å². The minimum absolute atomic E-state index is 0.140. The predicted octanol–water partition coefficient (Wildman–Crippen LogP) is 7.17. The average Bonchev–Trinajstić information content (AvgIpc) is 2.87.